The summed E-state index contributed by atoms with van der Waals surface area (Å²) in [6.07, 6.45) is 5.94. The molecule has 1 spiro atoms. The molecule has 10 heteroatoms. The lowest BCUT2D eigenvalue weighted by Gasteiger charge is -2.25. The monoisotopic (exact) mass is 398 g/mol. The third kappa shape index (κ3) is 2.75. The Morgan fingerprint density at radius 3 is 3.03 bits per heavy atom. The molecule has 0 amide bonds. The van der Waals surface area contributed by atoms with E-state index in [1.54, 1.807) is 28.0 Å². The molecule has 2 aliphatic heterocycles. The van der Waals surface area contributed by atoms with E-state index in [1.165, 1.54) is 6.07 Å². The van der Waals surface area contributed by atoms with Gasteiger partial charge in [0.1, 0.15) is 18.7 Å². The lowest BCUT2D eigenvalue weighted by atomic mass is 10.1. The number of pyridine rings is 1. The number of hydrogen-bond donors (Lipinski definition) is 2. The van der Waals surface area contributed by atoms with Crippen LogP contribution in [0.1, 0.15) is 42.7 Å². The molecule has 5 heterocycles. The molecule has 0 aromatic carbocycles. The number of nitrogens with zero attached hydrogens (tertiary/aromatic N) is 5. The molecule has 150 valence electrons. The molecule has 2 fully saturated rings. The van der Waals surface area contributed by atoms with Gasteiger partial charge >= 0.3 is 0 Å². The van der Waals surface area contributed by atoms with E-state index in [9.17, 15) is 9.50 Å². The molecule has 3 aliphatic rings. The van der Waals surface area contributed by atoms with Crippen LogP contribution >= 0.6 is 0 Å². The smallest absolute Gasteiger partial charge is 0.218 e. The van der Waals surface area contributed by atoms with Crippen LogP contribution in [-0.2, 0) is 4.84 Å². The molecule has 9 nitrogen and oxygen atoms in total. The maximum atomic E-state index is 14.1. The summed E-state index contributed by atoms with van der Waals surface area (Å²) in [6.45, 7) is 0.784. The van der Waals surface area contributed by atoms with Crippen molar-refractivity contribution < 1.29 is 19.1 Å². The Morgan fingerprint density at radius 2 is 2.17 bits per heavy atom. The van der Waals surface area contributed by atoms with Crippen LogP contribution in [0, 0.1) is 5.82 Å². The van der Waals surface area contributed by atoms with Gasteiger partial charge in [-0.3, -0.25) is 10.2 Å². The number of hydrogen-bond acceptors (Lipinski definition) is 8. The zero-order valence-electron chi connectivity index (χ0n) is 15.5. The van der Waals surface area contributed by atoms with E-state index >= 15 is 0 Å². The summed E-state index contributed by atoms with van der Waals surface area (Å²) >= 11 is 0. The summed E-state index contributed by atoms with van der Waals surface area (Å²) in [5, 5.41) is 20.0. The van der Waals surface area contributed by atoms with Crippen LogP contribution in [0.15, 0.2) is 30.7 Å². The number of rotatable bonds is 0. The summed E-state index contributed by atoms with van der Waals surface area (Å²) in [4.78, 5) is 14.7. The third-order valence-electron chi connectivity index (χ3n) is 5.79. The van der Waals surface area contributed by atoms with E-state index in [0.29, 0.717) is 48.1 Å². The lowest BCUT2D eigenvalue weighted by Crippen LogP contribution is -2.39. The van der Waals surface area contributed by atoms with E-state index in [1.807, 2.05) is 0 Å². The van der Waals surface area contributed by atoms with E-state index in [-0.39, 0.29) is 11.6 Å². The highest BCUT2D eigenvalue weighted by atomic mass is 19.1. The number of ether oxygens (including phenoxy) is 1. The van der Waals surface area contributed by atoms with Crippen LogP contribution in [0.2, 0.25) is 0 Å². The van der Waals surface area contributed by atoms with Crippen LogP contribution in [0.25, 0.3) is 5.65 Å². The Bertz CT molecular complexity index is 1100. The summed E-state index contributed by atoms with van der Waals surface area (Å²) in [5.74, 6) is 0.488. The van der Waals surface area contributed by atoms with Gasteiger partial charge in [0.05, 0.1) is 36.1 Å². The molecule has 3 aromatic heterocycles. The Balaban J connectivity index is 1.53. The van der Waals surface area contributed by atoms with Gasteiger partial charge in [-0.1, -0.05) is 0 Å². The normalized spacial score (nSPS) is 25.1. The molecule has 2 bridgehead atoms. The lowest BCUT2D eigenvalue weighted by molar-refractivity contribution is 0.101. The minimum atomic E-state index is -0.946. The van der Waals surface area contributed by atoms with E-state index < -0.39 is 12.0 Å². The number of fused-ring (bicyclic) bond motifs is 5. The molecule has 1 unspecified atom stereocenters. The van der Waals surface area contributed by atoms with Gasteiger partial charge in [-0.05, 0) is 18.9 Å². The topological polar surface area (TPSA) is 97.0 Å². The molecule has 6 rings (SSSR count). The highest BCUT2D eigenvalue weighted by Crippen LogP contribution is 2.41. The molecule has 1 aliphatic carbocycles. The minimum absolute atomic E-state index is 0.289. The predicted molar refractivity (Wildman–Crippen MR) is 98.5 cm³/mol. The quantitative estimate of drug-likeness (QED) is 0.590. The first-order valence-electron chi connectivity index (χ1n) is 9.62. The number of aliphatic hydroxyl groups excluding tert-OH is 1. The van der Waals surface area contributed by atoms with Gasteiger partial charge < -0.3 is 9.84 Å². The second-order valence-corrected chi connectivity index (χ2v) is 7.78. The minimum Gasteiger partial charge on any atom is -0.475 e. The highest BCUT2D eigenvalue weighted by Gasteiger charge is 2.46. The largest absolute Gasteiger partial charge is 0.475 e. The van der Waals surface area contributed by atoms with Gasteiger partial charge in [0.15, 0.2) is 11.5 Å². The first-order valence-corrected chi connectivity index (χ1v) is 9.62. The SMILES string of the molecule is OC1NC2(CC2)COc2ncc(F)cc2[C@H]2CCON2c2ccn3ncc1c3n2. The maximum Gasteiger partial charge on any atom is 0.218 e. The summed E-state index contributed by atoms with van der Waals surface area (Å²) in [5.41, 5.74) is 1.37. The molecular formula is C19H19FN6O3. The molecule has 1 saturated heterocycles. The summed E-state index contributed by atoms with van der Waals surface area (Å²) in [6, 6.07) is 2.93. The van der Waals surface area contributed by atoms with Gasteiger partial charge in [0.2, 0.25) is 5.88 Å². The van der Waals surface area contributed by atoms with E-state index in [0.717, 1.165) is 19.0 Å². The van der Waals surface area contributed by atoms with Crippen molar-refractivity contribution in [1.82, 2.24) is 24.9 Å². The van der Waals surface area contributed by atoms with Crippen molar-refractivity contribution in [3.8, 4) is 5.88 Å². The van der Waals surface area contributed by atoms with Crippen LogP contribution in [0.5, 0.6) is 5.88 Å². The average molecular weight is 398 g/mol. The average Bonchev–Trinajstić information content (AvgIpc) is 3.14. The van der Waals surface area contributed by atoms with Crippen molar-refractivity contribution >= 4 is 11.5 Å². The Morgan fingerprint density at radius 1 is 1.28 bits per heavy atom. The van der Waals surface area contributed by atoms with Crippen molar-refractivity contribution in [2.45, 2.75) is 37.1 Å². The fourth-order valence-electron chi connectivity index (χ4n) is 4.03. The number of halogens is 1. The predicted octanol–water partition coefficient (Wildman–Crippen LogP) is 1.65. The van der Waals surface area contributed by atoms with E-state index in [2.05, 4.69) is 20.4 Å². The number of aliphatic hydroxyl groups is 1. The van der Waals surface area contributed by atoms with Crippen LogP contribution in [0.3, 0.4) is 0 Å². The van der Waals surface area contributed by atoms with Gasteiger partial charge in [-0.2, -0.15) is 5.10 Å². The molecule has 3 aromatic rings. The van der Waals surface area contributed by atoms with Crippen LogP contribution in [0.4, 0.5) is 10.2 Å². The second kappa shape index (κ2) is 6.09. The molecule has 29 heavy (non-hydrogen) atoms. The Hall–Kier alpha value is -2.82. The van der Waals surface area contributed by atoms with Gasteiger partial charge in [-0.15, -0.1) is 0 Å². The van der Waals surface area contributed by atoms with Crippen LogP contribution in [-0.4, -0.2) is 43.4 Å². The van der Waals surface area contributed by atoms with Gasteiger partial charge in [0.25, 0.3) is 0 Å². The van der Waals surface area contributed by atoms with Crippen molar-refractivity contribution in [1.29, 1.82) is 0 Å². The molecule has 0 radical (unpaired) electrons. The van der Waals surface area contributed by atoms with Crippen molar-refractivity contribution in [2.24, 2.45) is 0 Å². The molecular weight excluding hydrogens is 379 g/mol. The van der Waals surface area contributed by atoms with Crippen molar-refractivity contribution in [2.75, 3.05) is 18.3 Å². The number of nitrogens with one attached hydrogen (secondary N) is 1. The van der Waals surface area contributed by atoms with Gasteiger partial charge in [-0.25, -0.2) is 23.9 Å². The Labute approximate surface area is 165 Å². The van der Waals surface area contributed by atoms with Crippen LogP contribution < -0.4 is 15.1 Å². The molecule has 1 saturated carbocycles. The first-order chi connectivity index (χ1) is 14.1. The Kier molecular flexibility index (Phi) is 3.58. The van der Waals surface area contributed by atoms with Gasteiger partial charge in [0, 0.05) is 24.2 Å². The first kappa shape index (κ1) is 17.1. The number of hydroxylamine groups is 1. The van der Waals surface area contributed by atoms with Crippen molar-refractivity contribution in [3.05, 3.63) is 47.7 Å². The third-order valence-corrected chi connectivity index (χ3v) is 5.79. The fraction of sp³-hybridized carbons (Fsp3) is 0.421. The summed E-state index contributed by atoms with van der Waals surface area (Å²) < 4.78 is 21.7. The van der Waals surface area contributed by atoms with E-state index in [4.69, 9.17) is 9.57 Å². The highest BCUT2D eigenvalue weighted by molar-refractivity contribution is 5.54. The summed E-state index contributed by atoms with van der Waals surface area (Å²) in [7, 11) is 0. The standard InChI is InChI=1S/C19H19FN6O3/c20-11-7-12-14-2-6-29-26(14)15-1-5-25-16(23-15)13(9-22-25)17(27)24-19(3-4-19)10-28-18(12)21-8-11/h1,5,7-9,14,17,24,27H,2-4,6,10H2/t14-,17?/m1/s1. The molecule has 2 atom stereocenters. The maximum absolute atomic E-state index is 14.1. The fourth-order valence-corrected chi connectivity index (χ4v) is 4.03. The zero-order chi connectivity index (χ0) is 19.6. The second-order valence-electron chi connectivity index (χ2n) is 7.78. The zero-order valence-corrected chi connectivity index (χ0v) is 15.5. The number of anilines is 1. The number of aromatic nitrogens is 4. The van der Waals surface area contributed by atoms with Crippen molar-refractivity contribution in [3.63, 3.8) is 0 Å². The molecule has 2 N–H and O–H groups in total.